The van der Waals surface area contributed by atoms with Crippen LogP contribution in [0.3, 0.4) is 0 Å². The molecule has 0 amide bonds. The van der Waals surface area contributed by atoms with Crippen LogP contribution in [0.15, 0.2) is 24.3 Å². The van der Waals surface area contributed by atoms with Crippen LogP contribution in [0, 0.1) is 23.1 Å². The molecule has 1 saturated heterocycles. The molecule has 1 heterocycles. The highest BCUT2D eigenvalue weighted by molar-refractivity contribution is 5.21. The van der Waals surface area contributed by atoms with Crippen molar-refractivity contribution in [3.63, 3.8) is 0 Å². The van der Waals surface area contributed by atoms with Gasteiger partial charge in [0.2, 0.25) is 0 Å². The summed E-state index contributed by atoms with van der Waals surface area (Å²) in [5.41, 5.74) is 0.447. The van der Waals surface area contributed by atoms with Gasteiger partial charge in [0.15, 0.2) is 6.54 Å². The van der Waals surface area contributed by atoms with E-state index in [1.54, 1.807) is 0 Å². The normalized spacial score (nSPS) is 35.8. The van der Waals surface area contributed by atoms with Crippen LogP contribution in [0.2, 0.25) is 0 Å². The second-order valence-electron chi connectivity index (χ2n) is 6.48. The van der Waals surface area contributed by atoms with E-state index >= 15 is 0 Å². The number of aliphatic hydroxyl groups is 1. The van der Waals surface area contributed by atoms with Crippen molar-refractivity contribution in [1.29, 1.82) is 5.26 Å². The number of benzene rings is 1. The van der Waals surface area contributed by atoms with E-state index in [0.717, 1.165) is 44.2 Å². The maximum Gasteiger partial charge on any atom is 0.165 e. The Bertz CT molecular complexity index is 539. The van der Waals surface area contributed by atoms with E-state index in [1.807, 2.05) is 12.1 Å². The van der Waals surface area contributed by atoms with Crippen LogP contribution in [0.4, 0.5) is 4.39 Å². The highest BCUT2D eigenvalue weighted by Crippen LogP contribution is 2.43. The number of halogens is 1. The summed E-state index contributed by atoms with van der Waals surface area (Å²) in [5.74, 6) is -0.0656. The number of nitriles is 1. The van der Waals surface area contributed by atoms with E-state index in [1.165, 1.54) is 17.0 Å². The summed E-state index contributed by atoms with van der Waals surface area (Å²) < 4.78 is 13.2. The van der Waals surface area contributed by atoms with Crippen molar-refractivity contribution in [2.45, 2.75) is 43.7 Å². The lowest BCUT2D eigenvalue weighted by molar-refractivity contribution is -0.938. The topological polar surface area (TPSA) is 48.5 Å². The third kappa shape index (κ3) is 2.68. The molecule has 4 atom stereocenters. The molecule has 1 aliphatic carbocycles. The molecule has 2 fully saturated rings. The fourth-order valence-electron chi connectivity index (χ4n) is 4.29. The molecular weight excluding hydrogens is 267 g/mol. The van der Waals surface area contributed by atoms with Crippen molar-refractivity contribution in [2.75, 3.05) is 13.1 Å². The molecule has 4 heteroatoms. The molecular formula is C17H22FN2O+. The van der Waals surface area contributed by atoms with Crippen LogP contribution in [-0.4, -0.2) is 23.8 Å². The lowest BCUT2D eigenvalue weighted by Crippen LogP contribution is -3.15. The quantitative estimate of drug-likeness (QED) is 0.813. The molecule has 2 N–H and O–H groups in total. The van der Waals surface area contributed by atoms with Crippen LogP contribution < -0.4 is 4.90 Å². The summed E-state index contributed by atoms with van der Waals surface area (Å²) >= 11 is 0. The number of hydrogen-bond donors (Lipinski definition) is 2. The monoisotopic (exact) mass is 289 g/mol. The first kappa shape index (κ1) is 14.5. The highest BCUT2D eigenvalue weighted by Gasteiger charge is 2.51. The Morgan fingerprint density at radius 2 is 2.05 bits per heavy atom. The first-order valence-corrected chi connectivity index (χ1v) is 7.83. The molecule has 1 unspecified atom stereocenters. The maximum absolute atomic E-state index is 13.2. The van der Waals surface area contributed by atoms with Crippen LogP contribution in [-0.2, 0) is 0 Å². The molecule has 21 heavy (non-hydrogen) atoms. The van der Waals surface area contributed by atoms with Gasteiger partial charge in [0, 0.05) is 17.9 Å². The maximum atomic E-state index is 13.2. The summed E-state index contributed by atoms with van der Waals surface area (Å²) in [6.07, 6.45) is 4.83. The summed E-state index contributed by atoms with van der Waals surface area (Å²) in [4.78, 5) is 1.21. The predicted molar refractivity (Wildman–Crippen MR) is 77.0 cm³/mol. The van der Waals surface area contributed by atoms with E-state index in [2.05, 4.69) is 6.07 Å². The Hall–Kier alpha value is -1.44. The number of nitrogens with zero attached hydrogens (tertiary/aromatic N) is 1. The van der Waals surface area contributed by atoms with Gasteiger partial charge in [-0.05, 0) is 25.0 Å². The van der Waals surface area contributed by atoms with Crippen molar-refractivity contribution in [3.05, 3.63) is 35.6 Å². The first-order valence-electron chi connectivity index (χ1n) is 7.83. The molecule has 1 aromatic rings. The summed E-state index contributed by atoms with van der Waals surface area (Å²) in [7, 11) is 0. The Labute approximate surface area is 125 Å². The van der Waals surface area contributed by atoms with Gasteiger partial charge in [0.05, 0.1) is 12.1 Å². The van der Waals surface area contributed by atoms with E-state index in [9.17, 15) is 9.50 Å². The van der Waals surface area contributed by atoms with Gasteiger partial charge in [-0.25, -0.2) is 4.39 Å². The Balaban J connectivity index is 1.96. The number of likely N-dealkylation sites (tertiary alicyclic amines) is 1. The van der Waals surface area contributed by atoms with Crippen LogP contribution in [0.5, 0.6) is 0 Å². The minimum absolute atomic E-state index is 0.101. The Morgan fingerprint density at radius 3 is 2.76 bits per heavy atom. The van der Waals surface area contributed by atoms with Crippen molar-refractivity contribution < 1.29 is 14.4 Å². The Kier molecular flexibility index (Phi) is 3.97. The van der Waals surface area contributed by atoms with Crippen LogP contribution in [0.1, 0.15) is 43.7 Å². The molecule has 112 valence electrons. The third-order valence-electron chi connectivity index (χ3n) is 5.32. The van der Waals surface area contributed by atoms with Gasteiger partial charge in [-0.2, -0.15) is 5.26 Å². The number of piperidine rings is 1. The van der Waals surface area contributed by atoms with E-state index in [4.69, 9.17) is 5.26 Å². The van der Waals surface area contributed by atoms with Crippen LogP contribution >= 0.6 is 0 Å². The standard InChI is InChI=1S/C17H21FN2O/c18-14-6-4-13(5-7-14)16-15-3-1-2-8-17(15,21)9-11-20(16)12-10-19/h4-7,15-16,21H,1-3,8-9,11-12H2/p+1/t15-,16-,17-/m1/s1. The average Bonchev–Trinajstić information content (AvgIpc) is 2.49. The van der Waals surface area contributed by atoms with Gasteiger partial charge < -0.3 is 10.0 Å². The third-order valence-corrected chi connectivity index (χ3v) is 5.32. The molecule has 0 aromatic heterocycles. The molecule has 1 saturated carbocycles. The highest BCUT2D eigenvalue weighted by atomic mass is 19.1. The molecule has 3 nitrogen and oxygen atoms in total. The molecule has 3 rings (SSSR count). The lowest BCUT2D eigenvalue weighted by Gasteiger charge is -2.49. The van der Waals surface area contributed by atoms with Crippen molar-refractivity contribution in [3.8, 4) is 6.07 Å². The molecule has 2 aliphatic rings. The SMILES string of the molecule is N#CC[NH+]1CC[C@]2(O)CCCC[C@@H]2[C@H]1c1ccc(F)cc1. The summed E-state index contributed by atoms with van der Waals surface area (Å²) in [5, 5.41) is 20.1. The second-order valence-corrected chi connectivity index (χ2v) is 6.48. The van der Waals surface area contributed by atoms with Gasteiger partial charge in [0.1, 0.15) is 17.9 Å². The molecule has 0 spiro atoms. The average molecular weight is 289 g/mol. The van der Waals surface area contributed by atoms with Gasteiger partial charge in [0.25, 0.3) is 0 Å². The number of hydrogen-bond acceptors (Lipinski definition) is 2. The zero-order chi connectivity index (χ0) is 14.9. The zero-order valence-corrected chi connectivity index (χ0v) is 12.2. The van der Waals surface area contributed by atoms with Crippen molar-refractivity contribution in [1.82, 2.24) is 0 Å². The molecule has 0 bridgehead atoms. The number of quaternary nitrogens is 1. The number of fused-ring (bicyclic) bond motifs is 1. The van der Waals surface area contributed by atoms with Gasteiger partial charge in [-0.3, -0.25) is 0 Å². The largest absolute Gasteiger partial charge is 0.389 e. The predicted octanol–water partition coefficient (Wildman–Crippen LogP) is 1.60. The van der Waals surface area contributed by atoms with E-state index in [-0.39, 0.29) is 17.8 Å². The molecule has 0 radical (unpaired) electrons. The van der Waals surface area contributed by atoms with E-state index < -0.39 is 5.60 Å². The fourth-order valence-corrected chi connectivity index (χ4v) is 4.29. The lowest BCUT2D eigenvalue weighted by atomic mass is 9.66. The van der Waals surface area contributed by atoms with E-state index in [0.29, 0.717) is 6.54 Å². The number of nitrogens with one attached hydrogen (secondary N) is 1. The zero-order valence-electron chi connectivity index (χ0n) is 12.2. The van der Waals surface area contributed by atoms with Crippen molar-refractivity contribution in [2.24, 2.45) is 5.92 Å². The summed E-state index contributed by atoms with van der Waals surface area (Å²) in [6, 6.07) is 8.96. The minimum atomic E-state index is -0.601. The van der Waals surface area contributed by atoms with Gasteiger partial charge in [-0.15, -0.1) is 0 Å². The molecule has 1 aliphatic heterocycles. The van der Waals surface area contributed by atoms with Gasteiger partial charge >= 0.3 is 0 Å². The first-order chi connectivity index (χ1) is 10.1. The minimum Gasteiger partial charge on any atom is -0.389 e. The smallest absolute Gasteiger partial charge is 0.165 e. The van der Waals surface area contributed by atoms with Crippen molar-refractivity contribution >= 4 is 0 Å². The van der Waals surface area contributed by atoms with Gasteiger partial charge in [-0.1, -0.05) is 25.0 Å². The van der Waals surface area contributed by atoms with Crippen LogP contribution in [0.25, 0.3) is 0 Å². The summed E-state index contributed by atoms with van der Waals surface area (Å²) in [6.45, 7) is 1.25. The number of rotatable bonds is 2. The molecule has 1 aromatic carbocycles. The fraction of sp³-hybridized carbons (Fsp3) is 0.588. The second kappa shape index (κ2) is 5.75. The Morgan fingerprint density at radius 1 is 1.29 bits per heavy atom.